The quantitative estimate of drug-likeness (QED) is 0.254. The first-order valence-electron chi connectivity index (χ1n) is 8.31. The van der Waals surface area contributed by atoms with Gasteiger partial charge in [-0.15, -0.1) is 0 Å². The van der Waals surface area contributed by atoms with Gasteiger partial charge in [0.15, 0.2) is 5.36 Å². The van der Waals surface area contributed by atoms with Gasteiger partial charge in [0, 0.05) is 0 Å². The Morgan fingerprint density at radius 2 is 1.33 bits per heavy atom. The third kappa shape index (κ3) is 5.94. The summed E-state index contributed by atoms with van der Waals surface area (Å²) in [5.74, 6) is 0. The van der Waals surface area contributed by atoms with E-state index in [4.69, 9.17) is 0 Å². The zero-order valence-corrected chi connectivity index (χ0v) is 18.9. The Balaban J connectivity index is 0.00000320. The van der Waals surface area contributed by atoms with Crippen molar-refractivity contribution >= 4 is 21.5 Å². The van der Waals surface area contributed by atoms with Crippen LogP contribution < -0.4 is 62.0 Å². The summed E-state index contributed by atoms with van der Waals surface area (Å²) in [5, 5.41) is 7.44. The van der Waals surface area contributed by atoms with Gasteiger partial charge in [-0.1, -0.05) is 17.7 Å². The molecule has 0 radical (unpaired) electrons. The molecule has 0 heterocycles. The monoisotopic (exact) mass is 434 g/mol. The van der Waals surface area contributed by atoms with E-state index in [0.29, 0.717) is 11.4 Å². The van der Waals surface area contributed by atoms with Gasteiger partial charge in [0.1, 0.15) is 15.5 Å². The summed E-state index contributed by atoms with van der Waals surface area (Å²) < 4.78 is 32.8. The van der Waals surface area contributed by atoms with Gasteiger partial charge in [-0.05, 0) is 55.5 Å². The first-order valence-corrected chi connectivity index (χ1v) is 9.72. The van der Waals surface area contributed by atoms with Gasteiger partial charge in [0.05, 0.1) is 16.3 Å². The molecule has 0 aromatic heterocycles. The zero-order valence-electron chi connectivity index (χ0n) is 16.1. The number of aryl methyl sites for hydroxylation is 1. The number of rotatable bonds is 5. The van der Waals surface area contributed by atoms with Crippen molar-refractivity contribution in [2.75, 3.05) is 10.9 Å². The van der Waals surface area contributed by atoms with Crippen molar-refractivity contribution in [1.82, 2.24) is 0 Å². The minimum Gasteiger partial charge on any atom is -0.744 e. The second-order valence-corrected chi connectivity index (χ2v) is 7.43. The molecule has 0 saturated heterocycles. The van der Waals surface area contributed by atoms with Gasteiger partial charge in [0.2, 0.25) is 10.9 Å². The molecule has 0 aliphatic carbocycles. The molecule has 2 N–H and O–H groups in total. The average Bonchev–Trinajstić information content (AvgIpc) is 2.68. The van der Waals surface area contributed by atoms with E-state index in [1.54, 1.807) is 12.1 Å². The van der Waals surface area contributed by atoms with Crippen LogP contribution in [0.4, 0.5) is 11.4 Å². The Kier molecular flexibility index (Phi) is 7.82. The van der Waals surface area contributed by atoms with Gasteiger partial charge < -0.3 is 4.55 Å². The van der Waals surface area contributed by atoms with Crippen molar-refractivity contribution in [2.45, 2.75) is 11.8 Å². The molecule has 0 spiro atoms. The van der Waals surface area contributed by atoms with Crippen molar-refractivity contribution in [3.05, 3.63) is 97.4 Å². The molecule has 0 amide bonds. The number of nitrogens with one attached hydrogen (secondary N) is 2. The molecule has 0 aliphatic rings. The third-order valence-corrected chi connectivity index (χ3v) is 4.72. The van der Waals surface area contributed by atoms with Gasteiger partial charge in [-0.3, -0.25) is 20.4 Å². The summed E-state index contributed by atoms with van der Waals surface area (Å²) in [6, 6.07) is 14.5. The molecule has 0 fully saturated rings. The number of hydrogen-bond acceptors (Lipinski definition) is 9. The van der Waals surface area contributed by atoms with Crippen molar-refractivity contribution < 1.29 is 42.5 Å². The van der Waals surface area contributed by atoms with E-state index in [1.165, 1.54) is 24.3 Å². The maximum absolute atomic E-state index is 12.5. The van der Waals surface area contributed by atoms with E-state index < -0.39 is 21.0 Å². The fraction of sp³-hybridized carbons (Fsp3) is 0.0526. The number of anilines is 2. The molecule has 30 heavy (non-hydrogen) atoms. The van der Waals surface area contributed by atoms with Gasteiger partial charge in [0.25, 0.3) is 0 Å². The summed E-state index contributed by atoms with van der Waals surface area (Å²) >= 11 is 0. The van der Waals surface area contributed by atoms with Crippen molar-refractivity contribution in [2.24, 2.45) is 10.2 Å². The second-order valence-electron chi connectivity index (χ2n) is 6.05. The standard InChI is InChI=1S/C19H16N4O5S.Na/c1-12-2-4-13(5-3-12)21-23-18-17(24)11-10-16(19(18)25)22-20-14-6-8-15(9-7-14)29(26,27)28;/h2-11,20-21H,1H3,(H,26,27,28);/q;+1/p-1/b22-16+,23-18-;. The van der Waals surface area contributed by atoms with E-state index in [1.807, 2.05) is 19.1 Å². The van der Waals surface area contributed by atoms with Crippen LogP contribution >= 0.6 is 0 Å². The smallest absolute Gasteiger partial charge is 0.744 e. The van der Waals surface area contributed by atoms with Crippen LogP contribution in [0, 0.1) is 6.92 Å². The van der Waals surface area contributed by atoms with Crippen LogP contribution in [0.1, 0.15) is 5.56 Å². The fourth-order valence-corrected chi connectivity index (χ4v) is 2.78. The Hall–Kier alpha value is -2.63. The molecular weight excluding hydrogens is 419 g/mol. The van der Waals surface area contributed by atoms with Gasteiger partial charge >= 0.3 is 29.6 Å². The largest absolute Gasteiger partial charge is 1.00 e. The van der Waals surface area contributed by atoms with Crippen LogP contribution in [0.15, 0.2) is 85.4 Å². The van der Waals surface area contributed by atoms with E-state index in [9.17, 15) is 22.6 Å². The summed E-state index contributed by atoms with van der Waals surface area (Å²) in [4.78, 5) is 24.1. The molecule has 3 aromatic rings. The van der Waals surface area contributed by atoms with Crippen LogP contribution in [0.2, 0.25) is 0 Å². The molecule has 9 nitrogen and oxygen atoms in total. The van der Waals surface area contributed by atoms with E-state index in [-0.39, 0.29) is 45.2 Å². The number of hydrogen-bond donors (Lipinski definition) is 2. The average molecular weight is 434 g/mol. The summed E-state index contributed by atoms with van der Waals surface area (Å²) in [5.41, 5.74) is 6.02. The van der Waals surface area contributed by atoms with E-state index in [0.717, 1.165) is 17.7 Å². The Morgan fingerprint density at radius 1 is 0.800 bits per heavy atom. The topological polar surface area (TPSA) is 140 Å². The zero-order chi connectivity index (χ0) is 21.0. The van der Waals surface area contributed by atoms with E-state index >= 15 is 0 Å². The van der Waals surface area contributed by atoms with Crippen molar-refractivity contribution in [3.8, 4) is 0 Å². The molecule has 0 unspecified atom stereocenters. The Bertz CT molecular complexity index is 1360. The molecular formula is C19H15N4NaO5S. The molecule has 148 valence electrons. The maximum atomic E-state index is 12.5. The van der Waals surface area contributed by atoms with Crippen LogP contribution in [0.5, 0.6) is 0 Å². The number of benzene rings is 3. The van der Waals surface area contributed by atoms with E-state index in [2.05, 4.69) is 21.1 Å². The van der Waals surface area contributed by atoms with Crippen LogP contribution in [-0.2, 0) is 10.1 Å². The molecule has 0 saturated carbocycles. The fourth-order valence-electron chi connectivity index (χ4n) is 2.31. The Morgan fingerprint density at radius 3 is 1.90 bits per heavy atom. The molecule has 0 atom stereocenters. The molecule has 11 heteroatoms. The predicted molar refractivity (Wildman–Crippen MR) is 105 cm³/mol. The number of nitrogens with zero attached hydrogens (tertiary/aromatic N) is 2. The van der Waals surface area contributed by atoms with Crippen molar-refractivity contribution in [1.29, 1.82) is 0 Å². The minimum atomic E-state index is -4.55. The van der Waals surface area contributed by atoms with Crippen LogP contribution in [0.3, 0.4) is 0 Å². The summed E-state index contributed by atoms with van der Waals surface area (Å²) in [6.45, 7) is 1.93. The predicted octanol–water partition coefficient (Wildman–Crippen LogP) is -2.65. The van der Waals surface area contributed by atoms with Gasteiger partial charge in [-0.2, -0.15) is 10.2 Å². The van der Waals surface area contributed by atoms with Crippen LogP contribution in [0.25, 0.3) is 0 Å². The first kappa shape index (κ1) is 23.6. The maximum Gasteiger partial charge on any atom is 1.00 e. The van der Waals surface area contributed by atoms with Crippen molar-refractivity contribution in [3.63, 3.8) is 0 Å². The summed E-state index contributed by atoms with van der Waals surface area (Å²) in [7, 11) is -4.55. The van der Waals surface area contributed by atoms with Gasteiger partial charge in [-0.25, -0.2) is 8.42 Å². The normalized spacial score (nSPS) is 12.3. The third-order valence-electron chi connectivity index (χ3n) is 3.87. The molecule has 3 rings (SSSR count). The SMILES string of the molecule is Cc1ccc(N/N=c2/c(=O)cc/c(=N\Nc3ccc(S(=O)(=O)[O-])cc3)c2=O)cc1.[Na+]. The Labute approximate surface area is 193 Å². The molecule has 3 aromatic carbocycles. The molecule has 0 aliphatic heterocycles. The second kappa shape index (κ2) is 9.92. The minimum absolute atomic E-state index is 0. The van der Waals surface area contributed by atoms with Crippen LogP contribution in [-0.4, -0.2) is 13.0 Å². The molecule has 0 bridgehead atoms. The summed E-state index contributed by atoms with van der Waals surface area (Å²) in [6.07, 6.45) is 0. The first-order chi connectivity index (χ1) is 13.7.